The fourth-order valence-electron chi connectivity index (χ4n) is 1.89. The Bertz CT molecular complexity index is 347. The molecule has 1 aromatic heterocycles. The lowest BCUT2D eigenvalue weighted by atomic mass is 10.0. The molecule has 4 nitrogen and oxygen atoms in total. The van der Waals surface area contributed by atoms with Gasteiger partial charge in [-0.05, 0) is 18.4 Å². The van der Waals surface area contributed by atoms with Crippen molar-refractivity contribution in [2.24, 2.45) is 0 Å². The van der Waals surface area contributed by atoms with Gasteiger partial charge in [-0.1, -0.05) is 0 Å². The van der Waals surface area contributed by atoms with Crippen molar-refractivity contribution in [3.8, 4) is 0 Å². The molecule has 5 heteroatoms. The van der Waals surface area contributed by atoms with Crippen LogP contribution in [0.25, 0.3) is 0 Å². The van der Waals surface area contributed by atoms with Crippen LogP contribution in [0.5, 0.6) is 0 Å². The summed E-state index contributed by atoms with van der Waals surface area (Å²) in [7, 11) is 0. The Labute approximate surface area is 106 Å². The van der Waals surface area contributed by atoms with Crippen molar-refractivity contribution in [2.75, 3.05) is 26.0 Å². The Kier molecular flexibility index (Phi) is 4.50. The molecular formula is C12H19NO3S. The van der Waals surface area contributed by atoms with Gasteiger partial charge in [-0.25, -0.2) is 0 Å². The van der Waals surface area contributed by atoms with Gasteiger partial charge in [0.25, 0.3) is 0 Å². The maximum Gasteiger partial charge on any atom is 0.118 e. The third-order valence-electron chi connectivity index (χ3n) is 2.84. The van der Waals surface area contributed by atoms with Gasteiger partial charge in [0.05, 0.1) is 18.9 Å². The molecule has 17 heavy (non-hydrogen) atoms. The molecule has 0 bridgehead atoms. The summed E-state index contributed by atoms with van der Waals surface area (Å²) in [6, 6.07) is 3.98. The van der Waals surface area contributed by atoms with Gasteiger partial charge in [-0.15, -0.1) is 0 Å². The number of hydrogen-bond donors (Lipinski definition) is 2. The summed E-state index contributed by atoms with van der Waals surface area (Å²) in [5.41, 5.74) is -0.700. The smallest absolute Gasteiger partial charge is 0.118 e. The molecule has 2 N–H and O–H groups in total. The van der Waals surface area contributed by atoms with Crippen LogP contribution in [-0.4, -0.2) is 36.7 Å². The van der Waals surface area contributed by atoms with Crippen molar-refractivity contribution in [1.29, 1.82) is 0 Å². The lowest BCUT2D eigenvalue weighted by Crippen LogP contribution is -2.40. The second kappa shape index (κ2) is 5.91. The van der Waals surface area contributed by atoms with Crippen LogP contribution < -0.4 is 5.32 Å². The predicted octanol–water partition coefficient (Wildman–Crippen LogP) is 1.38. The first-order valence-corrected chi connectivity index (χ1v) is 7.19. The van der Waals surface area contributed by atoms with Crippen molar-refractivity contribution in [1.82, 2.24) is 5.32 Å². The van der Waals surface area contributed by atoms with Crippen molar-refractivity contribution in [3.05, 3.63) is 23.7 Å². The third-order valence-corrected chi connectivity index (χ3v) is 3.41. The summed E-state index contributed by atoms with van der Waals surface area (Å²) in [5.74, 6) is 2.81. The number of thioether (sulfide) groups is 1. The zero-order chi connectivity index (χ0) is 12.1. The van der Waals surface area contributed by atoms with E-state index in [9.17, 15) is 5.11 Å². The Hall–Kier alpha value is -0.490. The fraction of sp³-hybridized carbons (Fsp3) is 0.667. The number of furan rings is 1. The van der Waals surface area contributed by atoms with Crippen LogP contribution in [0.15, 0.2) is 16.5 Å². The van der Waals surface area contributed by atoms with Crippen LogP contribution in [0.3, 0.4) is 0 Å². The molecule has 0 saturated carbocycles. The van der Waals surface area contributed by atoms with Gasteiger partial charge in [0, 0.05) is 19.6 Å². The zero-order valence-electron chi connectivity index (χ0n) is 10.1. The topological polar surface area (TPSA) is 54.6 Å². The van der Waals surface area contributed by atoms with Crippen molar-refractivity contribution >= 4 is 11.8 Å². The van der Waals surface area contributed by atoms with Gasteiger partial charge < -0.3 is 19.6 Å². The summed E-state index contributed by atoms with van der Waals surface area (Å²) in [4.78, 5) is 0. The maximum atomic E-state index is 10.0. The Balaban J connectivity index is 1.73. The number of aliphatic hydroxyl groups is 1. The lowest BCUT2D eigenvalue weighted by Gasteiger charge is -2.20. The van der Waals surface area contributed by atoms with E-state index in [1.165, 1.54) is 0 Å². The SMILES string of the molecule is CSCc1ccc(CNCC2(O)CCOC2)o1. The number of nitrogens with one attached hydrogen (secondary N) is 1. The summed E-state index contributed by atoms with van der Waals surface area (Å²) in [6.07, 6.45) is 2.76. The van der Waals surface area contributed by atoms with Crippen LogP contribution in [-0.2, 0) is 17.0 Å². The minimum Gasteiger partial charge on any atom is -0.464 e. The normalized spacial score (nSPS) is 24.4. The minimum atomic E-state index is -0.700. The van der Waals surface area contributed by atoms with Gasteiger partial charge in [-0.3, -0.25) is 0 Å². The maximum absolute atomic E-state index is 10.0. The largest absolute Gasteiger partial charge is 0.464 e. The van der Waals surface area contributed by atoms with Crippen LogP contribution in [0, 0.1) is 0 Å². The molecule has 96 valence electrons. The van der Waals surface area contributed by atoms with Crippen LogP contribution >= 0.6 is 11.8 Å². The molecular weight excluding hydrogens is 238 g/mol. The van der Waals surface area contributed by atoms with E-state index >= 15 is 0 Å². The molecule has 1 aliphatic rings. The first-order valence-electron chi connectivity index (χ1n) is 5.79. The molecule has 1 aromatic rings. The molecule has 0 spiro atoms. The first kappa shape index (κ1) is 13.0. The number of hydrogen-bond acceptors (Lipinski definition) is 5. The zero-order valence-corrected chi connectivity index (χ0v) is 10.9. The second-order valence-electron chi connectivity index (χ2n) is 4.43. The molecule has 1 saturated heterocycles. The standard InChI is InChI=1S/C12H19NO3S/c1-17-7-11-3-2-10(16-11)6-13-8-12(14)4-5-15-9-12/h2-3,13-14H,4-9H2,1H3. The van der Waals surface area contributed by atoms with Crippen LogP contribution in [0.2, 0.25) is 0 Å². The second-order valence-corrected chi connectivity index (χ2v) is 5.30. The first-order chi connectivity index (χ1) is 8.22. The highest BCUT2D eigenvalue weighted by atomic mass is 32.2. The predicted molar refractivity (Wildman–Crippen MR) is 68.0 cm³/mol. The third kappa shape index (κ3) is 3.74. The lowest BCUT2D eigenvalue weighted by molar-refractivity contribution is 0.0265. The van der Waals surface area contributed by atoms with E-state index in [-0.39, 0.29) is 0 Å². The Morgan fingerprint density at radius 1 is 1.47 bits per heavy atom. The molecule has 1 fully saturated rings. The van der Waals surface area contributed by atoms with Crippen LogP contribution in [0.4, 0.5) is 0 Å². The van der Waals surface area contributed by atoms with Gasteiger partial charge in [0.15, 0.2) is 0 Å². The molecule has 0 amide bonds. The highest BCUT2D eigenvalue weighted by molar-refractivity contribution is 7.97. The molecule has 0 aliphatic carbocycles. The van der Waals surface area contributed by atoms with E-state index in [0.717, 1.165) is 17.3 Å². The molecule has 1 unspecified atom stereocenters. The van der Waals surface area contributed by atoms with Gasteiger partial charge in [0.1, 0.15) is 17.1 Å². The Morgan fingerprint density at radius 2 is 2.29 bits per heavy atom. The summed E-state index contributed by atoms with van der Waals surface area (Å²) in [6.45, 7) is 2.27. The van der Waals surface area contributed by atoms with E-state index in [0.29, 0.717) is 32.7 Å². The highest BCUT2D eigenvalue weighted by Gasteiger charge is 2.31. The molecule has 0 aromatic carbocycles. The summed E-state index contributed by atoms with van der Waals surface area (Å²) in [5, 5.41) is 13.2. The van der Waals surface area contributed by atoms with Gasteiger partial charge >= 0.3 is 0 Å². The van der Waals surface area contributed by atoms with Gasteiger partial charge in [0.2, 0.25) is 0 Å². The van der Waals surface area contributed by atoms with E-state index in [1.807, 2.05) is 12.1 Å². The van der Waals surface area contributed by atoms with E-state index in [2.05, 4.69) is 11.6 Å². The quantitative estimate of drug-likeness (QED) is 0.806. The number of rotatable bonds is 6. The van der Waals surface area contributed by atoms with Crippen molar-refractivity contribution < 1.29 is 14.3 Å². The van der Waals surface area contributed by atoms with E-state index in [4.69, 9.17) is 9.15 Å². The average molecular weight is 257 g/mol. The Morgan fingerprint density at radius 3 is 3.00 bits per heavy atom. The van der Waals surface area contributed by atoms with Crippen molar-refractivity contribution in [3.63, 3.8) is 0 Å². The molecule has 1 aliphatic heterocycles. The fourth-order valence-corrected chi connectivity index (χ4v) is 2.33. The number of ether oxygens (including phenoxy) is 1. The van der Waals surface area contributed by atoms with Crippen molar-refractivity contribution in [2.45, 2.75) is 24.3 Å². The molecule has 1 atom stereocenters. The monoisotopic (exact) mass is 257 g/mol. The van der Waals surface area contributed by atoms with Crippen LogP contribution in [0.1, 0.15) is 17.9 Å². The van der Waals surface area contributed by atoms with E-state index in [1.54, 1.807) is 11.8 Å². The summed E-state index contributed by atoms with van der Waals surface area (Å²) < 4.78 is 10.8. The molecule has 0 radical (unpaired) electrons. The van der Waals surface area contributed by atoms with E-state index < -0.39 is 5.60 Å². The highest BCUT2D eigenvalue weighted by Crippen LogP contribution is 2.17. The molecule has 2 rings (SSSR count). The minimum absolute atomic E-state index is 0.426. The van der Waals surface area contributed by atoms with Gasteiger partial charge in [-0.2, -0.15) is 11.8 Å². The average Bonchev–Trinajstić information content (AvgIpc) is 2.90. The molecule has 2 heterocycles. The summed E-state index contributed by atoms with van der Waals surface area (Å²) >= 11 is 1.74.